The maximum absolute atomic E-state index is 12.4. The van der Waals surface area contributed by atoms with Crippen molar-refractivity contribution in [2.75, 3.05) is 17.2 Å². The van der Waals surface area contributed by atoms with Crippen LogP contribution in [0.3, 0.4) is 0 Å². The van der Waals surface area contributed by atoms with Gasteiger partial charge in [-0.25, -0.2) is 4.79 Å². The van der Waals surface area contributed by atoms with Gasteiger partial charge in [0.25, 0.3) is 17.7 Å². The van der Waals surface area contributed by atoms with E-state index in [1.807, 2.05) is 6.07 Å². The summed E-state index contributed by atoms with van der Waals surface area (Å²) in [6, 6.07) is 15.4. The summed E-state index contributed by atoms with van der Waals surface area (Å²) >= 11 is 0. The van der Waals surface area contributed by atoms with Gasteiger partial charge in [-0.2, -0.15) is 5.10 Å². The molecule has 33 heavy (non-hydrogen) atoms. The number of hydrogen-bond acceptors (Lipinski definition) is 6. The average molecular weight is 447 g/mol. The van der Waals surface area contributed by atoms with Crippen LogP contribution in [0.25, 0.3) is 0 Å². The molecule has 0 spiro atoms. The van der Waals surface area contributed by atoms with E-state index in [1.54, 1.807) is 54.7 Å². The van der Waals surface area contributed by atoms with Crippen LogP contribution in [0.4, 0.5) is 16.2 Å². The smallest absolute Gasteiger partial charge is 0.412 e. The van der Waals surface area contributed by atoms with Crippen molar-refractivity contribution in [3.05, 3.63) is 78.1 Å². The van der Waals surface area contributed by atoms with Gasteiger partial charge in [0.15, 0.2) is 6.10 Å². The molecular weight excluding hydrogens is 426 g/mol. The van der Waals surface area contributed by atoms with Gasteiger partial charge < -0.3 is 10.1 Å². The maximum atomic E-state index is 12.4. The Morgan fingerprint density at radius 3 is 2.21 bits per heavy atom. The Labute approximate surface area is 189 Å². The number of benzene rings is 2. The summed E-state index contributed by atoms with van der Waals surface area (Å²) in [5, 5.41) is 9.29. The number of ether oxygens (including phenoxy) is 1. The maximum Gasteiger partial charge on any atom is 0.412 e. The summed E-state index contributed by atoms with van der Waals surface area (Å²) in [5.74, 6) is -1.20. The van der Waals surface area contributed by atoms with Crippen LogP contribution in [-0.4, -0.2) is 51.1 Å². The number of nitrogens with zero attached hydrogens (tertiary/aromatic N) is 3. The Morgan fingerprint density at radius 2 is 1.55 bits per heavy atom. The van der Waals surface area contributed by atoms with Crippen molar-refractivity contribution in [2.24, 2.45) is 0 Å². The Morgan fingerprint density at radius 1 is 0.909 bits per heavy atom. The first kappa shape index (κ1) is 21.8. The molecule has 3 aromatic rings. The van der Waals surface area contributed by atoms with E-state index in [9.17, 15) is 19.2 Å². The Balaban J connectivity index is 1.27. The summed E-state index contributed by atoms with van der Waals surface area (Å²) in [6.45, 7) is 1.85. The fourth-order valence-corrected chi connectivity index (χ4v) is 3.32. The first-order chi connectivity index (χ1) is 15.9. The number of imide groups is 1. The lowest BCUT2D eigenvalue weighted by Crippen LogP contribution is -2.33. The number of rotatable bonds is 7. The quantitative estimate of drug-likeness (QED) is 0.537. The van der Waals surface area contributed by atoms with E-state index in [2.05, 4.69) is 15.7 Å². The monoisotopic (exact) mass is 447 g/mol. The molecule has 10 heteroatoms. The van der Waals surface area contributed by atoms with E-state index < -0.39 is 18.1 Å². The predicted molar refractivity (Wildman–Crippen MR) is 119 cm³/mol. The molecule has 2 aromatic carbocycles. The molecule has 1 aliphatic heterocycles. The summed E-state index contributed by atoms with van der Waals surface area (Å²) < 4.78 is 6.60. The fraction of sp³-hybridized carbons (Fsp3) is 0.174. The van der Waals surface area contributed by atoms with Crippen LogP contribution in [0.5, 0.6) is 0 Å². The first-order valence-electron chi connectivity index (χ1n) is 10.2. The molecule has 0 fully saturated rings. The highest BCUT2D eigenvalue weighted by molar-refractivity contribution is 6.21. The summed E-state index contributed by atoms with van der Waals surface area (Å²) in [5.41, 5.74) is 1.72. The highest BCUT2D eigenvalue weighted by Crippen LogP contribution is 2.22. The van der Waals surface area contributed by atoms with Gasteiger partial charge in [0, 0.05) is 18.4 Å². The number of para-hydroxylation sites is 1. The molecule has 1 aromatic heterocycles. The fourth-order valence-electron chi connectivity index (χ4n) is 3.32. The van der Waals surface area contributed by atoms with Crippen LogP contribution < -0.4 is 10.6 Å². The lowest BCUT2D eigenvalue weighted by Gasteiger charge is -2.14. The van der Waals surface area contributed by atoms with Gasteiger partial charge in [0.2, 0.25) is 0 Å². The van der Waals surface area contributed by atoms with Crippen LogP contribution in [0.1, 0.15) is 27.6 Å². The Kier molecular flexibility index (Phi) is 6.16. The molecule has 2 heterocycles. The normalized spacial score (nSPS) is 13.4. The van der Waals surface area contributed by atoms with Crippen molar-refractivity contribution in [2.45, 2.75) is 19.6 Å². The SMILES string of the molecule is C[C@H](OC(=O)Nc1ccccc1)C(=O)Nc1cnn(CCN2C(=O)c3ccccc3C2=O)c1. The van der Waals surface area contributed by atoms with Crippen molar-refractivity contribution >= 4 is 35.2 Å². The van der Waals surface area contributed by atoms with E-state index in [0.29, 0.717) is 22.5 Å². The van der Waals surface area contributed by atoms with Crippen molar-refractivity contribution in [3.8, 4) is 0 Å². The molecule has 0 saturated carbocycles. The number of nitrogens with one attached hydrogen (secondary N) is 2. The zero-order chi connectivity index (χ0) is 23.4. The van der Waals surface area contributed by atoms with Gasteiger partial charge >= 0.3 is 6.09 Å². The summed E-state index contributed by atoms with van der Waals surface area (Å²) in [7, 11) is 0. The standard InChI is InChI=1S/C23H21N5O5/c1-15(33-23(32)26-16-7-3-2-4-8-16)20(29)25-17-13-24-27(14-17)11-12-28-21(30)18-9-5-6-10-19(18)22(28)31/h2-10,13-15H,11-12H2,1H3,(H,25,29)(H,26,32)/t15-/m0/s1. The van der Waals surface area contributed by atoms with E-state index in [1.165, 1.54) is 22.7 Å². The predicted octanol–water partition coefficient (Wildman–Crippen LogP) is 2.76. The average Bonchev–Trinajstić information content (AvgIpc) is 3.35. The van der Waals surface area contributed by atoms with E-state index in [0.717, 1.165) is 0 Å². The minimum Gasteiger partial charge on any atom is -0.436 e. The number of carbonyl (C=O) groups is 4. The molecule has 1 atom stereocenters. The lowest BCUT2D eigenvalue weighted by atomic mass is 10.1. The van der Waals surface area contributed by atoms with Crippen LogP contribution in [0.2, 0.25) is 0 Å². The molecule has 0 radical (unpaired) electrons. The van der Waals surface area contributed by atoms with Gasteiger partial charge in [-0.05, 0) is 31.2 Å². The number of hydrogen-bond donors (Lipinski definition) is 2. The lowest BCUT2D eigenvalue weighted by molar-refractivity contribution is -0.123. The van der Waals surface area contributed by atoms with Crippen LogP contribution >= 0.6 is 0 Å². The minimum absolute atomic E-state index is 0.139. The van der Waals surface area contributed by atoms with E-state index >= 15 is 0 Å². The third-order valence-corrected chi connectivity index (χ3v) is 5.00. The molecule has 168 valence electrons. The van der Waals surface area contributed by atoms with Gasteiger partial charge in [-0.3, -0.25) is 29.3 Å². The molecule has 2 N–H and O–H groups in total. The molecular formula is C23H21N5O5. The van der Waals surface area contributed by atoms with Gasteiger partial charge in [0.1, 0.15) is 0 Å². The molecule has 4 amide bonds. The van der Waals surface area contributed by atoms with Crippen molar-refractivity contribution in [1.82, 2.24) is 14.7 Å². The molecule has 4 rings (SSSR count). The number of anilines is 2. The topological polar surface area (TPSA) is 123 Å². The van der Waals surface area contributed by atoms with Crippen molar-refractivity contribution < 1.29 is 23.9 Å². The van der Waals surface area contributed by atoms with Crippen LogP contribution in [-0.2, 0) is 16.1 Å². The van der Waals surface area contributed by atoms with Crippen molar-refractivity contribution in [1.29, 1.82) is 0 Å². The second kappa shape index (κ2) is 9.35. The van der Waals surface area contributed by atoms with E-state index in [4.69, 9.17) is 4.74 Å². The van der Waals surface area contributed by atoms with Gasteiger partial charge in [-0.15, -0.1) is 0 Å². The van der Waals surface area contributed by atoms with Gasteiger partial charge in [-0.1, -0.05) is 30.3 Å². The van der Waals surface area contributed by atoms with Gasteiger partial charge in [0.05, 0.1) is 29.6 Å². The zero-order valence-corrected chi connectivity index (χ0v) is 17.7. The highest BCUT2D eigenvalue weighted by Gasteiger charge is 2.34. The van der Waals surface area contributed by atoms with Crippen LogP contribution in [0.15, 0.2) is 67.0 Å². The second-order valence-electron chi connectivity index (χ2n) is 7.33. The van der Waals surface area contributed by atoms with Crippen LogP contribution in [0, 0.1) is 0 Å². The van der Waals surface area contributed by atoms with E-state index in [-0.39, 0.29) is 24.9 Å². The van der Waals surface area contributed by atoms with Crippen molar-refractivity contribution in [3.63, 3.8) is 0 Å². The summed E-state index contributed by atoms with van der Waals surface area (Å²) in [4.78, 5) is 50.3. The number of carbonyl (C=O) groups excluding carboxylic acids is 4. The Hall–Kier alpha value is -4.47. The summed E-state index contributed by atoms with van der Waals surface area (Å²) in [6.07, 6.45) is 1.19. The number of aromatic nitrogens is 2. The second-order valence-corrected chi connectivity index (χ2v) is 7.33. The molecule has 10 nitrogen and oxygen atoms in total. The highest BCUT2D eigenvalue weighted by atomic mass is 16.6. The largest absolute Gasteiger partial charge is 0.436 e. The number of fused-ring (bicyclic) bond motifs is 1. The zero-order valence-electron chi connectivity index (χ0n) is 17.7. The Bertz CT molecular complexity index is 1170. The third kappa shape index (κ3) is 4.90. The number of amides is 4. The molecule has 0 aliphatic carbocycles. The molecule has 1 aliphatic rings. The first-order valence-corrected chi connectivity index (χ1v) is 10.2. The minimum atomic E-state index is -1.05. The molecule has 0 unspecified atom stereocenters. The molecule has 0 bridgehead atoms. The molecule has 0 saturated heterocycles. The third-order valence-electron chi connectivity index (χ3n) is 5.00.